The Balaban J connectivity index is 1.37. The molecule has 7 nitrogen and oxygen atoms in total. The Labute approximate surface area is 193 Å². The summed E-state index contributed by atoms with van der Waals surface area (Å²) >= 11 is 0. The molecule has 9 heteroatoms. The first-order valence-electron chi connectivity index (χ1n) is 11.5. The van der Waals surface area contributed by atoms with E-state index in [1.807, 2.05) is 13.0 Å². The van der Waals surface area contributed by atoms with Gasteiger partial charge in [-0.3, -0.25) is 0 Å². The molecule has 0 aliphatic heterocycles. The molecule has 0 radical (unpaired) electrons. The third-order valence-electron chi connectivity index (χ3n) is 6.77. The van der Waals surface area contributed by atoms with Gasteiger partial charge in [0.05, 0.1) is 5.69 Å². The van der Waals surface area contributed by atoms with Crippen molar-refractivity contribution in [3.63, 3.8) is 0 Å². The largest absolute Gasteiger partial charge is 0.277 e. The van der Waals surface area contributed by atoms with Gasteiger partial charge in [-0.05, 0) is 85.4 Å². The Kier molecular flexibility index (Phi) is 6.03. The lowest BCUT2D eigenvalue weighted by Crippen LogP contribution is -2.47. The van der Waals surface area contributed by atoms with Gasteiger partial charge in [-0.1, -0.05) is 19.1 Å². The lowest BCUT2D eigenvalue weighted by molar-refractivity contribution is 0.384. The van der Waals surface area contributed by atoms with E-state index in [2.05, 4.69) is 31.7 Å². The molecule has 2 aliphatic carbocycles. The van der Waals surface area contributed by atoms with Crippen LogP contribution in [0, 0.1) is 17.7 Å². The van der Waals surface area contributed by atoms with Crippen LogP contribution in [0.4, 0.5) is 4.39 Å². The van der Waals surface area contributed by atoms with Gasteiger partial charge in [-0.15, -0.1) is 5.10 Å². The van der Waals surface area contributed by atoms with E-state index in [1.165, 1.54) is 23.3 Å². The molecule has 3 aromatic rings. The van der Waals surface area contributed by atoms with E-state index in [9.17, 15) is 12.8 Å². The smallest absolute Gasteiger partial charge is 0.220 e. The first kappa shape index (κ1) is 22.2. The standard InChI is InChI=1S/C24H28FN5O2S/c1-2-11-27-33(31,32)29-23-17-4-5-18(23)13-20-14-19(6-3-16(20)12-17)24-26-15-30(28-24)22-9-7-21(25)8-10-22/h3,6-10,14-15,17-18,23,27,29H,2,4-5,11-13H2,1H3/t17-,18+,23+/m0/s1. The fourth-order valence-corrected chi connectivity index (χ4v) is 6.41. The van der Waals surface area contributed by atoms with Gasteiger partial charge in [0, 0.05) is 18.2 Å². The Morgan fingerprint density at radius 1 is 1.06 bits per heavy atom. The molecule has 0 saturated heterocycles. The molecule has 3 atom stereocenters. The zero-order chi connectivity index (χ0) is 23.0. The second-order valence-electron chi connectivity index (χ2n) is 9.02. The maximum Gasteiger partial charge on any atom is 0.277 e. The number of benzene rings is 2. The Morgan fingerprint density at radius 3 is 2.52 bits per heavy atom. The van der Waals surface area contributed by atoms with Crippen molar-refractivity contribution in [1.29, 1.82) is 0 Å². The average molecular weight is 470 g/mol. The molecule has 1 fully saturated rings. The SMILES string of the molecule is CCCNS(=O)(=O)N[C@H]1[C@@H]2CC[C@H]1Cc1ccc(-c3ncn(-c4ccc(F)cc4)n3)cc1C2. The molecular weight excluding hydrogens is 441 g/mol. The second kappa shape index (κ2) is 8.96. The van der Waals surface area contributed by atoms with Crippen LogP contribution in [-0.2, 0) is 23.1 Å². The highest BCUT2D eigenvalue weighted by atomic mass is 32.2. The highest BCUT2D eigenvalue weighted by Gasteiger charge is 2.41. The van der Waals surface area contributed by atoms with Gasteiger partial charge in [0.15, 0.2) is 5.82 Å². The van der Waals surface area contributed by atoms with Crippen LogP contribution < -0.4 is 9.44 Å². The van der Waals surface area contributed by atoms with Crippen LogP contribution in [0.15, 0.2) is 48.8 Å². The predicted molar refractivity (Wildman–Crippen MR) is 125 cm³/mol. The minimum absolute atomic E-state index is 0.0500. The number of halogens is 1. The number of fused-ring (bicyclic) bond motifs is 3. The van der Waals surface area contributed by atoms with Crippen molar-refractivity contribution < 1.29 is 12.8 Å². The molecule has 174 valence electrons. The third kappa shape index (κ3) is 4.71. The molecule has 5 rings (SSSR count). The fraction of sp³-hybridized carbons (Fsp3) is 0.417. The van der Waals surface area contributed by atoms with Crippen LogP contribution in [0.3, 0.4) is 0 Å². The van der Waals surface area contributed by atoms with Crippen LogP contribution in [0.25, 0.3) is 17.1 Å². The normalized spacial score (nSPS) is 22.2. The van der Waals surface area contributed by atoms with Gasteiger partial charge in [-0.2, -0.15) is 13.1 Å². The molecule has 33 heavy (non-hydrogen) atoms. The van der Waals surface area contributed by atoms with E-state index in [-0.39, 0.29) is 17.8 Å². The topological polar surface area (TPSA) is 88.9 Å². The number of hydrogen-bond acceptors (Lipinski definition) is 4. The van der Waals surface area contributed by atoms with Crippen molar-refractivity contribution in [3.05, 3.63) is 65.7 Å². The number of hydrogen-bond donors (Lipinski definition) is 2. The van der Waals surface area contributed by atoms with Gasteiger partial charge in [0.25, 0.3) is 10.2 Å². The minimum Gasteiger partial charge on any atom is -0.220 e. The van der Waals surface area contributed by atoms with Gasteiger partial charge < -0.3 is 0 Å². The second-order valence-corrected chi connectivity index (χ2v) is 10.6. The van der Waals surface area contributed by atoms with Gasteiger partial charge >= 0.3 is 0 Å². The zero-order valence-corrected chi connectivity index (χ0v) is 19.4. The van der Waals surface area contributed by atoms with Crippen LogP contribution in [0.2, 0.25) is 0 Å². The fourth-order valence-electron chi connectivity index (χ4n) is 5.11. The highest BCUT2D eigenvalue weighted by Crippen LogP contribution is 2.41. The van der Waals surface area contributed by atoms with Crippen LogP contribution in [0.5, 0.6) is 0 Å². The molecule has 0 amide bonds. The van der Waals surface area contributed by atoms with E-state index in [0.717, 1.165) is 43.4 Å². The zero-order valence-electron chi connectivity index (χ0n) is 18.5. The quantitative estimate of drug-likeness (QED) is 0.555. The molecule has 1 saturated carbocycles. The minimum atomic E-state index is -3.50. The molecule has 1 heterocycles. The van der Waals surface area contributed by atoms with Crippen molar-refractivity contribution in [1.82, 2.24) is 24.2 Å². The van der Waals surface area contributed by atoms with Crippen LogP contribution in [0.1, 0.15) is 37.3 Å². The van der Waals surface area contributed by atoms with E-state index in [1.54, 1.807) is 23.1 Å². The lowest BCUT2D eigenvalue weighted by Gasteiger charge is -2.23. The van der Waals surface area contributed by atoms with Crippen molar-refractivity contribution >= 4 is 10.2 Å². The monoisotopic (exact) mass is 469 g/mol. The van der Waals surface area contributed by atoms with Crippen molar-refractivity contribution in [3.8, 4) is 17.1 Å². The summed E-state index contributed by atoms with van der Waals surface area (Å²) in [5.74, 6) is 0.893. The van der Waals surface area contributed by atoms with Crippen LogP contribution in [-0.4, -0.2) is 35.8 Å². The molecule has 2 aliphatic rings. The Hall–Kier alpha value is -2.62. The van der Waals surface area contributed by atoms with Gasteiger partial charge in [-0.25, -0.2) is 18.8 Å². The number of nitrogens with zero attached hydrogens (tertiary/aromatic N) is 3. The first-order chi connectivity index (χ1) is 15.9. The summed E-state index contributed by atoms with van der Waals surface area (Å²) in [7, 11) is -3.50. The van der Waals surface area contributed by atoms with E-state index < -0.39 is 10.2 Å². The summed E-state index contributed by atoms with van der Waals surface area (Å²) < 4.78 is 45.4. The summed E-state index contributed by atoms with van der Waals surface area (Å²) in [4.78, 5) is 4.46. The maximum absolute atomic E-state index is 13.2. The molecule has 0 spiro atoms. The van der Waals surface area contributed by atoms with E-state index in [4.69, 9.17) is 0 Å². The van der Waals surface area contributed by atoms with Crippen molar-refractivity contribution in [2.24, 2.45) is 11.8 Å². The van der Waals surface area contributed by atoms with E-state index in [0.29, 0.717) is 18.3 Å². The maximum atomic E-state index is 13.2. The summed E-state index contributed by atoms with van der Waals surface area (Å²) in [6.45, 7) is 2.39. The summed E-state index contributed by atoms with van der Waals surface area (Å²) in [5, 5.41) is 4.58. The molecule has 2 N–H and O–H groups in total. The molecule has 0 unspecified atom stereocenters. The molecule has 1 aromatic heterocycles. The molecular formula is C24H28FN5O2S. The third-order valence-corrected chi connectivity index (χ3v) is 7.94. The molecule has 2 bridgehead atoms. The molecule has 2 aromatic carbocycles. The van der Waals surface area contributed by atoms with E-state index >= 15 is 0 Å². The average Bonchev–Trinajstić information content (AvgIpc) is 3.38. The summed E-state index contributed by atoms with van der Waals surface area (Å²) in [5.41, 5.74) is 4.18. The number of nitrogens with one attached hydrogen (secondary N) is 2. The predicted octanol–water partition coefficient (Wildman–Crippen LogP) is 3.40. The van der Waals surface area contributed by atoms with Crippen molar-refractivity contribution in [2.45, 2.75) is 45.1 Å². The Morgan fingerprint density at radius 2 is 1.79 bits per heavy atom. The number of aromatic nitrogens is 3. The first-order valence-corrected chi connectivity index (χ1v) is 13.0. The van der Waals surface area contributed by atoms with Crippen molar-refractivity contribution in [2.75, 3.05) is 6.54 Å². The summed E-state index contributed by atoms with van der Waals surface area (Å²) in [6.07, 6.45) is 6.15. The highest BCUT2D eigenvalue weighted by molar-refractivity contribution is 7.87. The van der Waals surface area contributed by atoms with Gasteiger partial charge in [0.2, 0.25) is 0 Å². The summed E-state index contributed by atoms with van der Waals surface area (Å²) in [6, 6.07) is 12.4. The van der Waals surface area contributed by atoms with Gasteiger partial charge in [0.1, 0.15) is 12.1 Å². The Bertz CT molecular complexity index is 1240. The van der Waals surface area contributed by atoms with Crippen LogP contribution >= 0.6 is 0 Å². The lowest BCUT2D eigenvalue weighted by atomic mass is 9.92. The number of rotatable bonds is 7.